The van der Waals surface area contributed by atoms with Crippen molar-refractivity contribution in [2.24, 2.45) is 0 Å². The first-order valence-electron chi connectivity index (χ1n) is 11.8. The van der Waals surface area contributed by atoms with Crippen molar-refractivity contribution in [3.63, 3.8) is 0 Å². The summed E-state index contributed by atoms with van der Waals surface area (Å²) in [5.74, 6) is 0.490. The SMILES string of the molecule is CCC(=O)Nc1ccc(N2C(=S)N[C@H](c3ccccn3)[C@H]2c2cccn2-c2ccccc2)cc1OC. The molecule has 2 N–H and O–H groups in total. The number of nitrogens with zero attached hydrogens (tertiary/aromatic N) is 3. The van der Waals surface area contributed by atoms with Gasteiger partial charge >= 0.3 is 0 Å². The van der Waals surface area contributed by atoms with Crippen molar-refractivity contribution in [2.45, 2.75) is 25.4 Å². The van der Waals surface area contributed by atoms with E-state index in [-0.39, 0.29) is 18.0 Å². The number of carbonyl (C=O) groups excluding carboxylic acids is 1. The monoisotopic (exact) mass is 497 g/mol. The number of thiocarbonyl (C=S) groups is 1. The average molecular weight is 498 g/mol. The lowest BCUT2D eigenvalue weighted by atomic mass is 10.0. The summed E-state index contributed by atoms with van der Waals surface area (Å²) in [6, 6.07) is 25.6. The second-order valence-corrected chi connectivity index (χ2v) is 8.81. The molecule has 0 aliphatic carbocycles. The largest absolute Gasteiger partial charge is 0.494 e. The third kappa shape index (κ3) is 4.43. The van der Waals surface area contributed by atoms with Crippen molar-refractivity contribution >= 4 is 34.6 Å². The highest BCUT2D eigenvalue weighted by Crippen LogP contribution is 2.43. The number of carbonyl (C=O) groups is 1. The Hall–Kier alpha value is -4.17. The number of ether oxygens (including phenoxy) is 1. The highest BCUT2D eigenvalue weighted by molar-refractivity contribution is 7.80. The molecule has 1 aliphatic rings. The van der Waals surface area contributed by atoms with Gasteiger partial charge in [-0.1, -0.05) is 31.2 Å². The minimum atomic E-state index is -0.191. The standard InChI is InChI=1S/C28H27N5O2S/c1-3-25(34)30-21-15-14-20(18-24(21)35-2)33-27(26(31-28(33)36)22-12-7-8-16-29-22)23-13-9-17-32(23)19-10-5-4-6-11-19/h4-18,26-27H,3H2,1-2H3,(H,30,34)(H,31,36)/t26-,27-/m1/s1. The van der Waals surface area contributed by atoms with Crippen molar-refractivity contribution in [3.05, 3.63) is 103 Å². The van der Waals surface area contributed by atoms with E-state index >= 15 is 0 Å². The fourth-order valence-electron chi connectivity index (χ4n) is 4.56. The molecule has 0 unspecified atom stereocenters. The Morgan fingerprint density at radius 2 is 1.86 bits per heavy atom. The van der Waals surface area contributed by atoms with Gasteiger partial charge in [-0.3, -0.25) is 9.78 Å². The van der Waals surface area contributed by atoms with Crippen molar-refractivity contribution < 1.29 is 9.53 Å². The Kier molecular flexibility index (Phi) is 6.69. The molecule has 0 saturated carbocycles. The molecule has 2 aromatic heterocycles. The predicted octanol–water partition coefficient (Wildman–Crippen LogP) is 5.41. The Balaban J connectivity index is 1.62. The maximum absolute atomic E-state index is 12.0. The molecule has 2 atom stereocenters. The van der Waals surface area contributed by atoms with Crippen LogP contribution in [0.15, 0.2) is 91.3 Å². The van der Waals surface area contributed by atoms with Gasteiger partial charge in [0.1, 0.15) is 11.8 Å². The lowest BCUT2D eigenvalue weighted by Gasteiger charge is -2.29. The van der Waals surface area contributed by atoms with Crippen molar-refractivity contribution in [1.29, 1.82) is 0 Å². The molecule has 7 nitrogen and oxygen atoms in total. The van der Waals surface area contributed by atoms with Crippen molar-refractivity contribution in [3.8, 4) is 11.4 Å². The maximum atomic E-state index is 12.0. The molecular formula is C28H27N5O2S. The van der Waals surface area contributed by atoms with E-state index in [0.717, 1.165) is 22.8 Å². The molecular weight excluding hydrogens is 470 g/mol. The van der Waals surface area contributed by atoms with Crippen LogP contribution in [0.3, 0.4) is 0 Å². The summed E-state index contributed by atoms with van der Waals surface area (Å²) in [7, 11) is 1.59. The molecule has 182 valence electrons. The van der Waals surface area contributed by atoms with E-state index in [0.29, 0.717) is 23.0 Å². The highest BCUT2D eigenvalue weighted by atomic mass is 32.1. The van der Waals surface area contributed by atoms with Gasteiger partial charge in [0.2, 0.25) is 5.91 Å². The third-order valence-corrected chi connectivity index (χ3v) is 6.59. The summed E-state index contributed by atoms with van der Waals surface area (Å²) >= 11 is 5.88. The zero-order valence-electron chi connectivity index (χ0n) is 20.1. The van der Waals surface area contributed by atoms with Crippen LogP contribution in [0.1, 0.15) is 36.8 Å². The summed E-state index contributed by atoms with van der Waals surface area (Å²) < 4.78 is 7.81. The zero-order chi connectivity index (χ0) is 25.1. The van der Waals surface area contributed by atoms with Crippen LogP contribution in [0.2, 0.25) is 0 Å². The van der Waals surface area contributed by atoms with Crippen LogP contribution in [0.4, 0.5) is 11.4 Å². The smallest absolute Gasteiger partial charge is 0.224 e. The number of rotatable bonds is 7. The first-order valence-corrected chi connectivity index (χ1v) is 12.2. The van der Waals surface area contributed by atoms with E-state index in [4.69, 9.17) is 17.0 Å². The van der Waals surface area contributed by atoms with Gasteiger partial charge in [-0.15, -0.1) is 0 Å². The molecule has 1 aliphatic heterocycles. The topological polar surface area (TPSA) is 71.4 Å². The number of benzene rings is 2. The minimum absolute atomic E-state index is 0.0757. The van der Waals surface area contributed by atoms with Crippen LogP contribution in [0.25, 0.3) is 5.69 Å². The van der Waals surface area contributed by atoms with E-state index in [1.54, 1.807) is 13.3 Å². The van der Waals surface area contributed by atoms with Crippen LogP contribution >= 0.6 is 12.2 Å². The van der Waals surface area contributed by atoms with E-state index in [1.165, 1.54) is 0 Å². The number of aromatic nitrogens is 2. The molecule has 1 fully saturated rings. The predicted molar refractivity (Wildman–Crippen MR) is 146 cm³/mol. The summed E-state index contributed by atoms with van der Waals surface area (Å²) in [6.45, 7) is 1.81. The van der Waals surface area contributed by atoms with E-state index in [1.807, 2.05) is 67.6 Å². The summed E-state index contributed by atoms with van der Waals surface area (Å²) in [5, 5.41) is 6.99. The van der Waals surface area contributed by atoms with Gasteiger partial charge in [0.25, 0.3) is 0 Å². The number of pyridine rings is 1. The second kappa shape index (κ2) is 10.2. The number of anilines is 2. The molecule has 0 spiro atoms. The normalized spacial score (nSPS) is 17.1. The van der Waals surface area contributed by atoms with Crippen LogP contribution in [0, 0.1) is 0 Å². The molecule has 0 radical (unpaired) electrons. The number of hydrogen-bond donors (Lipinski definition) is 2. The zero-order valence-corrected chi connectivity index (χ0v) is 20.9. The van der Waals surface area contributed by atoms with Gasteiger partial charge < -0.3 is 24.8 Å². The number of methoxy groups -OCH3 is 1. The number of amides is 1. The quantitative estimate of drug-likeness (QED) is 0.333. The molecule has 3 heterocycles. The second-order valence-electron chi connectivity index (χ2n) is 8.42. The van der Waals surface area contributed by atoms with Gasteiger partial charge in [-0.05, 0) is 60.7 Å². The molecule has 5 rings (SSSR count). The van der Waals surface area contributed by atoms with E-state index in [2.05, 4.69) is 49.5 Å². The maximum Gasteiger partial charge on any atom is 0.224 e. The van der Waals surface area contributed by atoms with Crippen molar-refractivity contribution in [2.75, 3.05) is 17.3 Å². The summed E-state index contributed by atoms with van der Waals surface area (Å²) in [4.78, 5) is 18.7. The lowest BCUT2D eigenvalue weighted by molar-refractivity contribution is -0.115. The lowest BCUT2D eigenvalue weighted by Crippen LogP contribution is -2.30. The van der Waals surface area contributed by atoms with E-state index in [9.17, 15) is 4.79 Å². The molecule has 36 heavy (non-hydrogen) atoms. The van der Waals surface area contributed by atoms with Gasteiger partial charge in [0, 0.05) is 41.9 Å². The molecule has 0 bridgehead atoms. The summed E-state index contributed by atoms with van der Waals surface area (Å²) in [6.07, 6.45) is 4.24. The van der Waals surface area contributed by atoms with Crippen LogP contribution in [-0.4, -0.2) is 27.7 Å². The molecule has 1 amide bonds. The third-order valence-electron chi connectivity index (χ3n) is 6.27. The van der Waals surface area contributed by atoms with E-state index < -0.39 is 0 Å². The molecule has 1 saturated heterocycles. The Labute approximate surface area is 215 Å². The Bertz CT molecular complexity index is 1370. The number of nitrogens with one attached hydrogen (secondary N) is 2. The number of hydrogen-bond acceptors (Lipinski definition) is 4. The van der Waals surface area contributed by atoms with Gasteiger partial charge in [-0.25, -0.2) is 0 Å². The Morgan fingerprint density at radius 3 is 2.58 bits per heavy atom. The fraction of sp³-hybridized carbons (Fsp3) is 0.179. The van der Waals surface area contributed by atoms with Crippen molar-refractivity contribution in [1.82, 2.24) is 14.9 Å². The number of para-hydroxylation sites is 1. The summed E-state index contributed by atoms with van der Waals surface area (Å²) in [5.41, 5.74) is 4.49. The van der Waals surface area contributed by atoms with Crippen LogP contribution < -0.4 is 20.3 Å². The highest BCUT2D eigenvalue weighted by Gasteiger charge is 2.42. The van der Waals surface area contributed by atoms with Crippen LogP contribution in [0.5, 0.6) is 5.75 Å². The molecule has 8 heteroatoms. The van der Waals surface area contributed by atoms with Gasteiger partial charge in [0.15, 0.2) is 5.11 Å². The first-order chi connectivity index (χ1) is 17.6. The first kappa shape index (κ1) is 23.6. The molecule has 2 aromatic carbocycles. The van der Waals surface area contributed by atoms with Crippen LogP contribution in [-0.2, 0) is 4.79 Å². The fourth-order valence-corrected chi connectivity index (χ4v) is 4.91. The van der Waals surface area contributed by atoms with Gasteiger partial charge in [-0.2, -0.15) is 0 Å². The average Bonchev–Trinajstić information content (AvgIpc) is 3.54. The van der Waals surface area contributed by atoms with Gasteiger partial charge in [0.05, 0.1) is 24.5 Å². The molecule has 4 aromatic rings. The minimum Gasteiger partial charge on any atom is -0.494 e. The Morgan fingerprint density at radius 1 is 1.06 bits per heavy atom.